The molecule has 0 unspecified atom stereocenters. The summed E-state index contributed by atoms with van der Waals surface area (Å²) in [5, 5.41) is 51.2. The monoisotopic (exact) mass is 554 g/mol. The van der Waals surface area contributed by atoms with Crippen LogP contribution in [-0.4, -0.2) is 30.4 Å². The van der Waals surface area contributed by atoms with Gasteiger partial charge >= 0.3 is 0 Å². The van der Waals surface area contributed by atoms with Crippen molar-refractivity contribution < 1.29 is 20.4 Å². The number of aromatic amines is 2. The van der Waals surface area contributed by atoms with Crippen LogP contribution in [0, 0.1) is 17.9 Å². The number of nitrogens with one attached hydrogen (secondary N) is 2. The first-order valence-corrected chi connectivity index (χ1v) is 12.8. The fourth-order valence-corrected chi connectivity index (χ4v) is 9.10. The molecule has 1 aromatic carbocycles. The molecule has 2 aliphatic heterocycles. The summed E-state index contributed by atoms with van der Waals surface area (Å²) in [6.45, 7) is 14.7. The highest BCUT2D eigenvalue weighted by Crippen LogP contribution is 2.67. The van der Waals surface area contributed by atoms with Crippen LogP contribution in [0.5, 0.6) is 23.3 Å². The van der Waals surface area contributed by atoms with Crippen LogP contribution in [0.4, 0.5) is 5.69 Å². The van der Waals surface area contributed by atoms with Crippen molar-refractivity contribution in [1.82, 2.24) is 9.97 Å². The Labute approximate surface area is 216 Å². The Morgan fingerprint density at radius 2 is 1.19 bits per heavy atom. The minimum Gasteiger partial charge on any atom is -0.505 e. The second kappa shape index (κ2) is 8.39. The van der Waals surface area contributed by atoms with E-state index in [0.717, 1.165) is 47.0 Å². The van der Waals surface area contributed by atoms with Crippen molar-refractivity contribution in [3.05, 3.63) is 58.6 Å². The van der Waals surface area contributed by atoms with Crippen LogP contribution in [0.25, 0.3) is 26.5 Å². The lowest BCUT2D eigenvalue weighted by Crippen LogP contribution is -2.42. The van der Waals surface area contributed by atoms with E-state index in [1.165, 1.54) is 0 Å². The summed E-state index contributed by atoms with van der Waals surface area (Å²) >= 11 is 3.98. The topological polar surface area (TPSA) is 175 Å². The molecule has 14 heteroatoms. The molecule has 0 bridgehead atoms. The predicted molar refractivity (Wildman–Crippen MR) is 138 cm³/mol. The highest BCUT2D eigenvalue weighted by molar-refractivity contribution is 8.33. The van der Waals surface area contributed by atoms with Crippen molar-refractivity contribution in [2.45, 2.75) is 19.6 Å². The minimum atomic E-state index is -0.685. The van der Waals surface area contributed by atoms with Crippen molar-refractivity contribution >= 4 is 74.4 Å². The van der Waals surface area contributed by atoms with Gasteiger partial charge in [-0.15, -0.1) is 6.58 Å². The van der Waals surface area contributed by atoms with E-state index in [1.807, 2.05) is 0 Å². The lowest BCUT2D eigenvalue weighted by atomic mass is 10.2. The number of pyridine rings is 2. The van der Waals surface area contributed by atoms with E-state index in [2.05, 4.69) is 28.0 Å². The Balaban J connectivity index is 1.72. The summed E-state index contributed by atoms with van der Waals surface area (Å²) in [6, 6.07) is 1.79. The van der Waals surface area contributed by atoms with Crippen molar-refractivity contribution in [1.29, 1.82) is 5.26 Å². The number of rotatable bonds is 0. The van der Waals surface area contributed by atoms with Crippen LogP contribution in [0.2, 0.25) is 0 Å². The van der Waals surface area contributed by atoms with Gasteiger partial charge in [-0.25, -0.2) is 4.85 Å². The Bertz CT molecular complexity index is 1820. The number of benzene rings is 1. The summed E-state index contributed by atoms with van der Waals surface area (Å²) in [6.07, 6.45) is 0. The molecule has 0 spiro atoms. The molecule has 0 aliphatic carbocycles. The highest BCUT2D eigenvalue weighted by Gasteiger charge is 2.36. The maximum atomic E-state index is 12.6. The zero-order valence-electron chi connectivity index (χ0n) is 17.5. The van der Waals surface area contributed by atoms with Gasteiger partial charge in [-0.05, 0) is 5.22 Å². The van der Waals surface area contributed by atoms with Crippen LogP contribution in [0.3, 0.4) is 0 Å². The largest absolute Gasteiger partial charge is 0.505 e. The molecular formula is C22H10N4O6S4. The Morgan fingerprint density at radius 3 is 1.61 bits per heavy atom. The fraction of sp³-hybridized carbons (Fsp3) is 0. The van der Waals surface area contributed by atoms with Gasteiger partial charge in [0.2, 0.25) is 5.88 Å². The molecular weight excluding hydrogens is 545 g/mol. The average Bonchev–Trinajstić information content (AvgIpc) is 3.43. The van der Waals surface area contributed by atoms with Gasteiger partial charge in [-0.1, -0.05) is 53.6 Å². The Morgan fingerprint density at radius 1 is 0.778 bits per heavy atom. The summed E-state index contributed by atoms with van der Waals surface area (Å²) in [4.78, 5) is 33.8. The van der Waals surface area contributed by atoms with Crippen LogP contribution in [0.1, 0.15) is 5.56 Å². The SMILES string of the molecule is [C-]#[N+]c1c(O)[nH]c(=O)c(=C2Sc3c(O)c4c(c(O)c3S2)SC(=c2c(=O)[nH]c(O)c(C#N)c2=C)S4)c1=C. The van der Waals surface area contributed by atoms with Gasteiger partial charge in [0, 0.05) is 5.22 Å². The van der Waals surface area contributed by atoms with Gasteiger partial charge in [0.25, 0.3) is 16.8 Å². The van der Waals surface area contributed by atoms with E-state index >= 15 is 0 Å². The number of H-pyrrole nitrogens is 2. The van der Waals surface area contributed by atoms with Gasteiger partial charge < -0.3 is 25.4 Å². The Kier molecular flexibility index (Phi) is 5.57. The number of hydrogen-bond donors (Lipinski definition) is 6. The van der Waals surface area contributed by atoms with Gasteiger partial charge in [0.05, 0.1) is 45.1 Å². The molecule has 178 valence electrons. The van der Waals surface area contributed by atoms with E-state index in [1.54, 1.807) is 6.07 Å². The summed E-state index contributed by atoms with van der Waals surface area (Å²) in [7, 11) is 0. The minimum absolute atomic E-state index is 0.0117. The van der Waals surface area contributed by atoms with E-state index < -0.39 is 22.9 Å². The molecule has 0 saturated heterocycles. The molecule has 0 saturated carbocycles. The third kappa shape index (κ3) is 3.30. The lowest BCUT2D eigenvalue weighted by molar-refractivity contribution is 0.411. The maximum Gasteiger partial charge on any atom is 0.260 e. The fourth-order valence-electron chi connectivity index (χ4n) is 3.57. The number of hydrogen-bond acceptors (Lipinski definition) is 11. The molecule has 2 aromatic heterocycles. The van der Waals surface area contributed by atoms with Crippen LogP contribution >= 0.6 is 47.0 Å². The van der Waals surface area contributed by atoms with Gasteiger partial charge in [-0.3, -0.25) is 14.6 Å². The van der Waals surface area contributed by atoms with Crippen LogP contribution < -0.4 is 32.0 Å². The lowest BCUT2D eigenvalue weighted by Gasteiger charge is -2.08. The maximum absolute atomic E-state index is 12.6. The quantitative estimate of drug-likeness (QED) is 0.173. The molecule has 3 aromatic rings. The number of thioether (sulfide) groups is 4. The zero-order valence-corrected chi connectivity index (χ0v) is 20.8. The third-order valence-corrected chi connectivity index (χ3v) is 10.5. The second-order valence-corrected chi connectivity index (χ2v) is 11.9. The molecule has 5 rings (SSSR count). The molecule has 6 N–H and O–H groups in total. The van der Waals surface area contributed by atoms with E-state index in [-0.39, 0.29) is 63.2 Å². The van der Waals surface area contributed by atoms with Crippen molar-refractivity contribution in [3.63, 3.8) is 0 Å². The number of phenols is 2. The van der Waals surface area contributed by atoms with Gasteiger partial charge in [0.1, 0.15) is 23.1 Å². The smallest absolute Gasteiger partial charge is 0.260 e. The first-order valence-electron chi connectivity index (χ1n) is 9.56. The van der Waals surface area contributed by atoms with Crippen LogP contribution in [0.15, 0.2) is 29.2 Å². The molecule has 0 radical (unpaired) electrons. The normalized spacial score (nSPS) is 13.8. The Hall–Kier alpha value is -3.82. The molecule has 4 heterocycles. The highest BCUT2D eigenvalue weighted by atomic mass is 32.2. The standard InChI is InChI=1S/C22H10N4O6S4/c1-5-7(4-23)17(29)25-18(30)8(5)21-33-13-11(27)15-16(12(28)14(13)34-21)36-22(35-15)9-6(2)10(24-3)20(32)26-19(9)31/h27-29,32H,1-2H2,(H,25,30)(H,26,31). The molecule has 2 aliphatic rings. The molecule has 10 nitrogen and oxygen atoms in total. The molecule has 36 heavy (non-hydrogen) atoms. The first kappa shape index (κ1) is 23.9. The molecule has 0 fully saturated rings. The first-order chi connectivity index (χ1) is 17.1. The van der Waals surface area contributed by atoms with Crippen molar-refractivity contribution in [2.75, 3.05) is 0 Å². The number of aromatic hydroxyl groups is 4. The average molecular weight is 555 g/mol. The summed E-state index contributed by atoms with van der Waals surface area (Å²) in [5.41, 5.74) is -1.77. The van der Waals surface area contributed by atoms with Crippen molar-refractivity contribution in [3.8, 4) is 29.3 Å². The van der Waals surface area contributed by atoms with Gasteiger partial charge in [0.15, 0.2) is 5.88 Å². The number of phenolic OH excluding ortho intramolecular Hbond substituents is 2. The van der Waals surface area contributed by atoms with E-state index in [0.29, 0.717) is 8.47 Å². The number of aromatic nitrogens is 2. The van der Waals surface area contributed by atoms with Crippen LogP contribution in [-0.2, 0) is 0 Å². The number of nitriles is 1. The number of fused-ring (bicyclic) bond motifs is 2. The van der Waals surface area contributed by atoms with E-state index in [9.17, 15) is 35.3 Å². The zero-order chi connectivity index (χ0) is 26.0. The van der Waals surface area contributed by atoms with Gasteiger partial charge in [-0.2, -0.15) is 5.26 Å². The molecule has 0 amide bonds. The summed E-state index contributed by atoms with van der Waals surface area (Å²) in [5.74, 6) is -1.57. The van der Waals surface area contributed by atoms with E-state index in [4.69, 9.17) is 6.57 Å². The molecule has 0 atom stereocenters. The second-order valence-electron chi connectivity index (χ2n) is 7.26. The summed E-state index contributed by atoms with van der Waals surface area (Å²) < 4.78 is 0.696. The van der Waals surface area contributed by atoms with Crippen molar-refractivity contribution in [2.24, 2.45) is 0 Å². The number of nitrogens with zero attached hydrogens (tertiary/aromatic N) is 2. The third-order valence-electron chi connectivity index (χ3n) is 5.25. The predicted octanol–water partition coefficient (Wildman–Crippen LogP) is 1.06.